The minimum Gasteiger partial charge on any atom is -0.382 e. The number of carbonyl (C=O) groups excluding carboxylic acids is 1. The Morgan fingerprint density at radius 2 is 2.03 bits per heavy atom. The van der Waals surface area contributed by atoms with E-state index in [2.05, 4.69) is 10.3 Å². The molecule has 2 aromatic rings. The van der Waals surface area contributed by atoms with Crippen LogP contribution in [0.5, 0.6) is 0 Å². The number of carbonyl (C=O) groups is 1. The van der Waals surface area contributed by atoms with E-state index in [0.717, 1.165) is 17.8 Å². The SMILES string of the molecule is CCOCCCNC(=O)CCc1nc2cc(S(=O)(=O)N3CCOCC3)ccc2n1CC. The van der Waals surface area contributed by atoms with E-state index in [1.807, 2.05) is 18.4 Å². The van der Waals surface area contributed by atoms with Gasteiger partial charge in [0, 0.05) is 52.2 Å². The molecular weight excluding hydrogens is 420 g/mol. The lowest BCUT2D eigenvalue weighted by molar-refractivity contribution is -0.121. The van der Waals surface area contributed by atoms with Gasteiger partial charge in [0.05, 0.1) is 29.1 Å². The third-order valence-corrected chi connectivity index (χ3v) is 7.18. The molecule has 1 amide bonds. The maximum Gasteiger partial charge on any atom is 0.243 e. The number of ether oxygens (including phenoxy) is 2. The van der Waals surface area contributed by atoms with Crippen LogP contribution in [0.3, 0.4) is 0 Å². The van der Waals surface area contributed by atoms with E-state index >= 15 is 0 Å². The molecule has 2 heterocycles. The van der Waals surface area contributed by atoms with Crippen molar-refractivity contribution < 1.29 is 22.7 Å². The number of hydrogen-bond donors (Lipinski definition) is 1. The van der Waals surface area contributed by atoms with Crippen LogP contribution < -0.4 is 5.32 Å². The number of benzene rings is 1. The lowest BCUT2D eigenvalue weighted by Gasteiger charge is -2.26. The van der Waals surface area contributed by atoms with Gasteiger partial charge in [0.2, 0.25) is 15.9 Å². The number of hydrogen-bond acceptors (Lipinski definition) is 6. The second kappa shape index (κ2) is 11.0. The molecule has 1 aliphatic rings. The van der Waals surface area contributed by atoms with Crippen molar-refractivity contribution in [3.05, 3.63) is 24.0 Å². The molecule has 1 aromatic carbocycles. The zero-order valence-corrected chi connectivity index (χ0v) is 19.1. The summed E-state index contributed by atoms with van der Waals surface area (Å²) in [6.45, 7) is 8.07. The van der Waals surface area contributed by atoms with Gasteiger partial charge < -0.3 is 19.4 Å². The molecule has 0 spiro atoms. The lowest BCUT2D eigenvalue weighted by atomic mass is 10.2. The topological polar surface area (TPSA) is 103 Å². The molecule has 1 aromatic heterocycles. The van der Waals surface area contributed by atoms with Gasteiger partial charge in [-0.2, -0.15) is 4.31 Å². The van der Waals surface area contributed by atoms with Crippen LogP contribution in [0.2, 0.25) is 0 Å². The normalized spacial score (nSPS) is 15.4. The number of rotatable bonds is 11. The average Bonchev–Trinajstić information content (AvgIpc) is 3.14. The van der Waals surface area contributed by atoms with Crippen LogP contribution in [0, 0.1) is 0 Å². The number of amides is 1. The van der Waals surface area contributed by atoms with Crippen molar-refractivity contribution in [1.82, 2.24) is 19.2 Å². The number of imidazole rings is 1. The number of nitrogens with zero attached hydrogens (tertiary/aromatic N) is 3. The van der Waals surface area contributed by atoms with Crippen molar-refractivity contribution in [1.29, 1.82) is 0 Å². The molecule has 9 nitrogen and oxygen atoms in total. The van der Waals surface area contributed by atoms with Gasteiger partial charge in [0.15, 0.2) is 0 Å². The summed E-state index contributed by atoms with van der Waals surface area (Å²) in [6.07, 6.45) is 1.61. The second-order valence-electron chi connectivity index (χ2n) is 7.34. The number of nitrogens with one attached hydrogen (secondary N) is 1. The highest BCUT2D eigenvalue weighted by Gasteiger charge is 2.27. The first kappa shape index (κ1) is 23.6. The highest BCUT2D eigenvalue weighted by atomic mass is 32.2. The molecule has 10 heteroatoms. The number of fused-ring (bicyclic) bond motifs is 1. The minimum absolute atomic E-state index is 0.0261. The fourth-order valence-electron chi connectivity index (χ4n) is 3.66. The average molecular weight is 453 g/mol. The van der Waals surface area contributed by atoms with E-state index in [9.17, 15) is 13.2 Å². The summed E-state index contributed by atoms with van der Waals surface area (Å²) in [6, 6.07) is 5.07. The number of aryl methyl sites for hydroxylation is 2. The summed E-state index contributed by atoms with van der Waals surface area (Å²) < 4.78 is 39.9. The largest absolute Gasteiger partial charge is 0.382 e. The predicted octanol–water partition coefficient (Wildman–Crippen LogP) is 1.55. The number of sulfonamides is 1. The standard InChI is InChI=1S/C21H32N4O5S/c1-3-25-19-7-6-17(31(27,28)24-11-14-30-15-12-24)16-18(19)23-20(25)8-9-21(26)22-10-5-13-29-4-2/h6-7,16H,3-5,8-15H2,1-2H3,(H,22,26). The molecule has 1 aliphatic heterocycles. The summed E-state index contributed by atoms with van der Waals surface area (Å²) in [7, 11) is -3.58. The van der Waals surface area contributed by atoms with Gasteiger partial charge >= 0.3 is 0 Å². The van der Waals surface area contributed by atoms with Crippen LogP contribution in [0.15, 0.2) is 23.1 Å². The number of aromatic nitrogens is 2. The third kappa shape index (κ3) is 5.82. The highest BCUT2D eigenvalue weighted by Crippen LogP contribution is 2.24. The van der Waals surface area contributed by atoms with Crippen molar-refractivity contribution in [2.24, 2.45) is 0 Å². The molecule has 0 saturated carbocycles. The van der Waals surface area contributed by atoms with Crippen molar-refractivity contribution in [3.8, 4) is 0 Å². The van der Waals surface area contributed by atoms with Gasteiger partial charge in [-0.3, -0.25) is 4.79 Å². The summed E-state index contributed by atoms with van der Waals surface area (Å²) in [5.74, 6) is 0.754. The molecule has 1 saturated heterocycles. The summed E-state index contributed by atoms with van der Waals surface area (Å²) in [5.41, 5.74) is 1.50. The first-order valence-corrected chi connectivity index (χ1v) is 12.3. The van der Waals surface area contributed by atoms with Crippen LogP contribution in [-0.4, -0.2) is 74.2 Å². The maximum atomic E-state index is 12.9. The summed E-state index contributed by atoms with van der Waals surface area (Å²) in [5, 5.41) is 2.90. The van der Waals surface area contributed by atoms with Crippen molar-refractivity contribution in [2.75, 3.05) is 46.1 Å². The number of morpholine rings is 1. The molecule has 1 fully saturated rings. The molecule has 31 heavy (non-hydrogen) atoms. The first-order valence-electron chi connectivity index (χ1n) is 10.9. The zero-order valence-electron chi connectivity index (χ0n) is 18.3. The molecule has 0 unspecified atom stereocenters. The third-order valence-electron chi connectivity index (χ3n) is 5.29. The Kier molecular flexibility index (Phi) is 8.42. The van der Waals surface area contributed by atoms with E-state index in [1.165, 1.54) is 4.31 Å². The molecule has 3 rings (SSSR count). The smallest absolute Gasteiger partial charge is 0.243 e. The molecule has 172 valence electrons. The van der Waals surface area contributed by atoms with Gasteiger partial charge in [0.1, 0.15) is 5.82 Å². The fraction of sp³-hybridized carbons (Fsp3) is 0.619. The monoisotopic (exact) mass is 452 g/mol. The minimum atomic E-state index is -3.58. The van der Waals surface area contributed by atoms with E-state index in [4.69, 9.17) is 9.47 Å². The molecule has 0 radical (unpaired) electrons. The first-order chi connectivity index (χ1) is 15.0. The highest BCUT2D eigenvalue weighted by molar-refractivity contribution is 7.89. The Hall–Kier alpha value is -2.01. The summed E-state index contributed by atoms with van der Waals surface area (Å²) >= 11 is 0. The van der Waals surface area contributed by atoms with E-state index < -0.39 is 10.0 Å². The lowest BCUT2D eigenvalue weighted by Crippen LogP contribution is -2.40. The molecule has 0 aliphatic carbocycles. The van der Waals surface area contributed by atoms with Gasteiger partial charge in [-0.1, -0.05) is 0 Å². The van der Waals surface area contributed by atoms with Gasteiger partial charge in [0.25, 0.3) is 0 Å². The van der Waals surface area contributed by atoms with Gasteiger partial charge in [-0.25, -0.2) is 13.4 Å². The van der Waals surface area contributed by atoms with Crippen LogP contribution in [-0.2, 0) is 37.3 Å². The van der Waals surface area contributed by atoms with Gasteiger partial charge in [-0.15, -0.1) is 0 Å². The second-order valence-corrected chi connectivity index (χ2v) is 9.28. The Balaban J connectivity index is 1.69. The van der Waals surface area contributed by atoms with Crippen LogP contribution >= 0.6 is 0 Å². The Morgan fingerprint density at radius 3 is 2.74 bits per heavy atom. The van der Waals surface area contributed by atoms with Crippen LogP contribution in [0.4, 0.5) is 0 Å². The molecule has 1 N–H and O–H groups in total. The van der Waals surface area contributed by atoms with Crippen LogP contribution in [0.1, 0.15) is 32.5 Å². The maximum absolute atomic E-state index is 12.9. The van der Waals surface area contributed by atoms with Crippen LogP contribution in [0.25, 0.3) is 11.0 Å². The van der Waals surface area contributed by atoms with E-state index in [-0.39, 0.29) is 10.8 Å². The Morgan fingerprint density at radius 1 is 1.26 bits per heavy atom. The zero-order chi connectivity index (χ0) is 22.3. The predicted molar refractivity (Wildman–Crippen MR) is 117 cm³/mol. The van der Waals surface area contributed by atoms with Crippen molar-refractivity contribution >= 4 is 27.0 Å². The molecule has 0 bridgehead atoms. The van der Waals surface area contributed by atoms with Gasteiger partial charge in [-0.05, 0) is 38.5 Å². The summed E-state index contributed by atoms with van der Waals surface area (Å²) in [4.78, 5) is 17.0. The van der Waals surface area contributed by atoms with Crippen molar-refractivity contribution in [2.45, 2.75) is 44.6 Å². The Labute approximate surface area is 183 Å². The van der Waals surface area contributed by atoms with Crippen molar-refractivity contribution in [3.63, 3.8) is 0 Å². The molecule has 0 atom stereocenters. The van der Waals surface area contributed by atoms with E-state index in [0.29, 0.717) is 71.0 Å². The van der Waals surface area contributed by atoms with E-state index in [1.54, 1.807) is 18.2 Å². The molecular formula is C21H32N4O5S. The quantitative estimate of drug-likeness (QED) is 0.519. The Bertz CT molecular complexity index is 983. The fourth-order valence-corrected chi connectivity index (χ4v) is 5.09.